The average Bonchev–Trinajstić information content (AvgIpc) is 2.24. The lowest BCUT2D eigenvalue weighted by molar-refractivity contribution is -0.525. The Balaban J connectivity index is 2.83. The molecule has 8 heteroatoms. The Morgan fingerprint density at radius 1 is 1.50 bits per heavy atom. The van der Waals surface area contributed by atoms with Crippen LogP contribution in [0.1, 0.15) is 6.92 Å². The minimum Gasteiger partial charge on any atom is -0.454 e. The lowest BCUT2D eigenvalue weighted by atomic mass is 10.2. The Morgan fingerprint density at radius 2 is 2.07 bits per heavy atom. The quantitative estimate of drug-likeness (QED) is 0.337. The van der Waals surface area contributed by atoms with Crippen molar-refractivity contribution in [2.75, 3.05) is 11.5 Å². The topological polar surface area (TPSA) is 104 Å². The Kier molecular flexibility index (Phi) is 2.74. The number of carbonyl (C=O) groups excluding carboxylic acids is 1. The van der Waals surface area contributed by atoms with Gasteiger partial charge in [0.15, 0.2) is 15.9 Å². The number of carbonyl (C=O) groups is 1. The summed E-state index contributed by atoms with van der Waals surface area (Å²) >= 11 is 0. The zero-order valence-corrected chi connectivity index (χ0v) is 8.19. The van der Waals surface area contributed by atoms with Gasteiger partial charge in [0.05, 0.1) is 5.75 Å². The van der Waals surface area contributed by atoms with Gasteiger partial charge in [-0.3, -0.25) is 14.9 Å². The highest BCUT2D eigenvalue weighted by molar-refractivity contribution is 7.91. The van der Waals surface area contributed by atoms with Crippen molar-refractivity contribution >= 4 is 15.8 Å². The molecule has 7 nitrogen and oxygen atoms in total. The first-order chi connectivity index (χ1) is 6.32. The fraction of sp³-hybridized carbons (Fsp3) is 0.833. The summed E-state index contributed by atoms with van der Waals surface area (Å²) in [4.78, 5) is 20.2. The molecule has 1 rings (SSSR count). The predicted molar refractivity (Wildman–Crippen MR) is 45.0 cm³/mol. The van der Waals surface area contributed by atoms with Crippen LogP contribution in [0.5, 0.6) is 0 Å². The van der Waals surface area contributed by atoms with Gasteiger partial charge in [-0.05, 0) is 0 Å². The van der Waals surface area contributed by atoms with Gasteiger partial charge >= 0.3 is 5.97 Å². The molecule has 0 aromatic heterocycles. The van der Waals surface area contributed by atoms with E-state index in [-0.39, 0.29) is 0 Å². The molecule has 1 saturated heterocycles. The maximum absolute atomic E-state index is 11.0. The summed E-state index contributed by atoms with van der Waals surface area (Å²) in [6, 6.07) is -1.33. The van der Waals surface area contributed by atoms with Crippen LogP contribution in [-0.4, -0.2) is 43.0 Å². The third-order valence-electron chi connectivity index (χ3n) is 1.86. The molecule has 0 saturated carbocycles. The third kappa shape index (κ3) is 2.41. The fourth-order valence-corrected chi connectivity index (χ4v) is 3.10. The molecule has 0 spiro atoms. The van der Waals surface area contributed by atoms with Crippen LogP contribution in [0.15, 0.2) is 0 Å². The third-order valence-corrected chi connectivity index (χ3v) is 3.55. The molecule has 0 aromatic rings. The van der Waals surface area contributed by atoms with Gasteiger partial charge in [0.2, 0.25) is 0 Å². The summed E-state index contributed by atoms with van der Waals surface area (Å²) in [5.41, 5.74) is 0. The van der Waals surface area contributed by atoms with Crippen LogP contribution < -0.4 is 0 Å². The highest BCUT2D eigenvalue weighted by Crippen LogP contribution is 2.18. The molecule has 14 heavy (non-hydrogen) atoms. The van der Waals surface area contributed by atoms with Gasteiger partial charge in [0.25, 0.3) is 6.04 Å². The Labute approximate surface area is 80.1 Å². The van der Waals surface area contributed by atoms with E-state index in [1.807, 2.05) is 0 Å². The number of hydrogen-bond donors (Lipinski definition) is 0. The Morgan fingerprint density at radius 3 is 2.50 bits per heavy atom. The molecule has 0 aromatic carbocycles. The molecule has 0 N–H and O–H groups in total. The predicted octanol–water partition coefficient (Wildman–Crippen LogP) is -1.01. The second-order valence-corrected chi connectivity index (χ2v) is 5.23. The van der Waals surface area contributed by atoms with E-state index >= 15 is 0 Å². The average molecular weight is 223 g/mol. The van der Waals surface area contributed by atoms with Crippen molar-refractivity contribution in [3.05, 3.63) is 10.1 Å². The number of ether oxygens (including phenoxy) is 1. The zero-order chi connectivity index (χ0) is 10.9. The summed E-state index contributed by atoms with van der Waals surface area (Å²) in [6.45, 7) is 1.09. The molecule has 80 valence electrons. The minimum atomic E-state index is -3.45. The van der Waals surface area contributed by atoms with Gasteiger partial charge in [-0.1, -0.05) is 0 Å². The molecule has 0 amide bonds. The molecule has 1 fully saturated rings. The van der Waals surface area contributed by atoms with E-state index in [2.05, 4.69) is 4.74 Å². The number of rotatable bonds is 2. The first-order valence-corrected chi connectivity index (χ1v) is 5.65. The maximum Gasteiger partial charge on any atom is 0.303 e. The minimum absolute atomic E-state index is 0.460. The van der Waals surface area contributed by atoms with E-state index in [0.29, 0.717) is 0 Å². The van der Waals surface area contributed by atoms with Crippen LogP contribution in [0, 0.1) is 10.1 Å². The van der Waals surface area contributed by atoms with Crippen molar-refractivity contribution in [3.8, 4) is 0 Å². The van der Waals surface area contributed by atoms with Gasteiger partial charge in [-0.2, -0.15) is 0 Å². The maximum atomic E-state index is 11.0. The smallest absolute Gasteiger partial charge is 0.303 e. The summed E-state index contributed by atoms with van der Waals surface area (Å²) in [5, 5.41) is 10.4. The molecule has 0 radical (unpaired) electrons. The lowest BCUT2D eigenvalue weighted by Crippen LogP contribution is -2.35. The lowest BCUT2D eigenvalue weighted by Gasteiger charge is -2.10. The van der Waals surface area contributed by atoms with Gasteiger partial charge in [-0.15, -0.1) is 0 Å². The highest BCUT2D eigenvalue weighted by atomic mass is 32.2. The van der Waals surface area contributed by atoms with Gasteiger partial charge in [0, 0.05) is 11.8 Å². The summed E-state index contributed by atoms with van der Waals surface area (Å²) in [6.07, 6.45) is -1.15. The van der Waals surface area contributed by atoms with Gasteiger partial charge in [-0.25, -0.2) is 8.42 Å². The zero-order valence-electron chi connectivity index (χ0n) is 7.37. The second kappa shape index (κ2) is 3.52. The molecule has 2 unspecified atom stereocenters. The molecular formula is C6H9NO6S. The molecule has 2 atom stereocenters. The number of sulfone groups is 1. The number of nitro groups is 1. The van der Waals surface area contributed by atoms with Gasteiger partial charge in [0.1, 0.15) is 5.75 Å². The number of hydrogen-bond acceptors (Lipinski definition) is 6. The van der Waals surface area contributed by atoms with Crippen molar-refractivity contribution in [2.45, 2.75) is 19.1 Å². The van der Waals surface area contributed by atoms with Crippen LogP contribution in [0.25, 0.3) is 0 Å². The molecule has 0 aliphatic carbocycles. The van der Waals surface area contributed by atoms with Crippen molar-refractivity contribution < 1.29 is 22.9 Å². The number of nitrogens with zero attached hydrogens (tertiary/aromatic N) is 1. The fourth-order valence-electron chi connectivity index (χ4n) is 1.32. The summed E-state index contributed by atoms with van der Waals surface area (Å²) < 4.78 is 26.6. The normalized spacial score (nSPS) is 29.8. The SMILES string of the molecule is CC(=O)OC1CS(=O)(=O)CC1[N+](=O)[O-]. The van der Waals surface area contributed by atoms with E-state index in [0.717, 1.165) is 6.92 Å². The Bertz CT molecular complexity index is 361. The number of esters is 1. The highest BCUT2D eigenvalue weighted by Gasteiger charge is 2.47. The van der Waals surface area contributed by atoms with Crippen LogP contribution in [0.3, 0.4) is 0 Å². The van der Waals surface area contributed by atoms with Crippen molar-refractivity contribution in [1.82, 2.24) is 0 Å². The van der Waals surface area contributed by atoms with E-state index < -0.39 is 44.4 Å². The summed E-state index contributed by atoms with van der Waals surface area (Å²) in [7, 11) is -3.45. The second-order valence-electron chi connectivity index (χ2n) is 3.08. The van der Waals surface area contributed by atoms with Crippen LogP contribution in [-0.2, 0) is 19.4 Å². The molecule has 1 heterocycles. The molecule has 1 aliphatic heterocycles. The van der Waals surface area contributed by atoms with Crippen molar-refractivity contribution in [3.63, 3.8) is 0 Å². The van der Waals surface area contributed by atoms with E-state index in [4.69, 9.17) is 0 Å². The molecule has 0 bridgehead atoms. The first-order valence-electron chi connectivity index (χ1n) is 3.83. The van der Waals surface area contributed by atoms with Crippen molar-refractivity contribution in [2.24, 2.45) is 0 Å². The molecular weight excluding hydrogens is 214 g/mol. The first kappa shape index (κ1) is 10.9. The standard InChI is InChI=1S/C6H9NO6S/c1-4(8)13-6-3-14(11,12)2-5(6)7(9)10/h5-6H,2-3H2,1H3. The van der Waals surface area contributed by atoms with Crippen molar-refractivity contribution in [1.29, 1.82) is 0 Å². The van der Waals surface area contributed by atoms with E-state index in [1.54, 1.807) is 0 Å². The largest absolute Gasteiger partial charge is 0.454 e. The molecule has 1 aliphatic rings. The van der Waals surface area contributed by atoms with E-state index in [1.165, 1.54) is 0 Å². The monoisotopic (exact) mass is 223 g/mol. The van der Waals surface area contributed by atoms with Crippen LogP contribution in [0.2, 0.25) is 0 Å². The Hall–Kier alpha value is -1.18. The summed E-state index contributed by atoms with van der Waals surface area (Å²) in [5.74, 6) is -1.73. The van der Waals surface area contributed by atoms with Crippen LogP contribution in [0.4, 0.5) is 0 Å². The van der Waals surface area contributed by atoms with E-state index in [9.17, 15) is 23.3 Å². The van der Waals surface area contributed by atoms with Crippen LogP contribution >= 0.6 is 0 Å². The van der Waals surface area contributed by atoms with Gasteiger partial charge < -0.3 is 4.74 Å².